The molecule has 0 bridgehead atoms. The molecule has 0 spiro atoms. The zero-order valence-electron chi connectivity index (χ0n) is 13.1. The van der Waals surface area contributed by atoms with Crippen LogP contribution >= 0.6 is 12.2 Å². The lowest BCUT2D eigenvalue weighted by Gasteiger charge is -2.06. The van der Waals surface area contributed by atoms with Crippen LogP contribution in [0.1, 0.15) is 11.3 Å². The van der Waals surface area contributed by atoms with E-state index in [-0.39, 0.29) is 0 Å². The average molecular weight is 358 g/mol. The highest BCUT2D eigenvalue weighted by Gasteiger charge is 2.11. The summed E-state index contributed by atoms with van der Waals surface area (Å²) in [6.07, 6.45) is 1.52. The minimum atomic E-state index is -1.06. The van der Waals surface area contributed by atoms with Crippen molar-refractivity contribution in [3.8, 4) is 17.3 Å². The van der Waals surface area contributed by atoms with Crippen LogP contribution in [0.15, 0.2) is 35.4 Å². The number of rotatable bonds is 6. The molecule has 0 aliphatic rings. The summed E-state index contributed by atoms with van der Waals surface area (Å²) in [5.74, 6) is -0.199. The van der Waals surface area contributed by atoms with Gasteiger partial charge in [0.2, 0.25) is 10.6 Å². The molecule has 9 nitrogen and oxygen atoms in total. The molecular formula is C15H14N6O3S. The monoisotopic (exact) mass is 358 g/mol. The Bertz CT molecular complexity index is 987. The van der Waals surface area contributed by atoms with Crippen molar-refractivity contribution < 1.29 is 14.6 Å². The largest absolute Gasteiger partial charge is 0.481 e. The average Bonchev–Trinajstić information content (AvgIpc) is 3.17. The molecule has 0 saturated carbocycles. The fourth-order valence-electron chi connectivity index (χ4n) is 2.08. The number of aromatic nitrogens is 5. The van der Waals surface area contributed by atoms with Crippen molar-refractivity contribution in [1.82, 2.24) is 25.1 Å². The first kappa shape index (κ1) is 16.6. The summed E-state index contributed by atoms with van der Waals surface area (Å²) in [4.78, 5) is 10.7. The summed E-state index contributed by atoms with van der Waals surface area (Å²) in [6, 6.07) is 8.78. The Morgan fingerprint density at radius 1 is 1.40 bits per heavy atom. The van der Waals surface area contributed by atoms with Crippen LogP contribution in [0.3, 0.4) is 0 Å². The van der Waals surface area contributed by atoms with E-state index in [1.807, 2.05) is 13.0 Å². The topological polar surface area (TPSA) is 121 Å². The van der Waals surface area contributed by atoms with Gasteiger partial charge in [0.15, 0.2) is 6.61 Å². The van der Waals surface area contributed by atoms with Gasteiger partial charge in [-0.1, -0.05) is 12.1 Å². The molecule has 3 aromatic rings. The molecule has 0 amide bonds. The molecule has 0 aliphatic carbocycles. The number of carbonyl (C=O) groups is 1. The molecule has 0 unspecified atom stereocenters. The van der Waals surface area contributed by atoms with Crippen LogP contribution in [-0.2, 0) is 4.79 Å². The Morgan fingerprint density at radius 3 is 2.92 bits per heavy atom. The predicted octanol–water partition coefficient (Wildman–Crippen LogP) is 1.98. The van der Waals surface area contributed by atoms with E-state index in [2.05, 4.69) is 25.5 Å². The van der Waals surface area contributed by atoms with Crippen LogP contribution < -0.4 is 4.74 Å². The summed E-state index contributed by atoms with van der Waals surface area (Å²) in [5.41, 5.74) is 2.08. The van der Waals surface area contributed by atoms with Gasteiger partial charge in [-0.3, -0.25) is 5.10 Å². The number of para-hydroxylation sites is 1. The zero-order valence-corrected chi connectivity index (χ0v) is 13.9. The molecule has 128 valence electrons. The molecule has 0 radical (unpaired) electrons. The van der Waals surface area contributed by atoms with Crippen molar-refractivity contribution in [2.75, 3.05) is 6.61 Å². The van der Waals surface area contributed by atoms with Crippen LogP contribution in [-0.4, -0.2) is 49.0 Å². The predicted molar refractivity (Wildman–Crippen MR) is 92.3 cm³/mol. The Kier molecular flexibility index (Phi) is 4.70. The van der Waals surface area contributed by atoms with Crippen LogP contribution in [0, 0.1) is 11.7 Å². The fraction of sp³-hybridized carbons (Fsp3) is 0.133. The number of aromatic amines is 2. The maximum Gasteiger partial charge on any atom is 0.341 e. The number of benzene rings is 1. The van der Waals surface area contributed by atoms with E-state index in [1.54, 1.807) is 24.3 Å². The van der Waals surface area contributed by atoms with Gasteiger partial charge in [0.05, 0.1) is 6.21 Å². The fourth-order valence-corrected chi connectivity index (χ4v) is 2.25. The molecule has 1 aromatic carbocycles. The molecule has 25 heavy (non-hydrogen) atoms. The highest BCUT2D eigenvalue weighted by molar-refractivity contribution is 7.71. The van der Waals surface area contributed by atoms with Crippen molar-refractivity contribution in [2.45, 2.75) is 6.92 Å². The molecule has 3 N–H and O–H groups in total. The van der Waals surface area contributed by atoms with Gasteiger partial charge in [0.25, 0.3) is 0 Å². The number of carboxylic acids is 1. The normalized spacial score (nSPS) is 11.1. The lowest BCUT2D eigenvalue weighted by atomic mass is 10.2. The number of ether oxygens (including phenoxy) is 1. The third-order valence-electron chi connectivity index (χ3n) is 3.17. The summed E-state index contributed by atoms with van der Waals surface area (Å²) in [5, 5.41) is 26.9. The molecule has 0 atom stereocenters. The second-order valence-corrected chi connectivity index (χ2v) is 5.45. The molecule has 0 fully saturated rings. The van der Waals surface area contributed by atoms with E-state index in [1.165, 1.54) is 10.9 Å². The van der Waals surface area contributed by atoms with Crippen molar-refractivity contribution in [1.29, 1.82) is 0 Å². The Balaban J connectivity index is 1.92. The van der Waals surface area contributed by atoms with Crippen molar-refractivity contribution in [2.24, 2.45) is 5.10 Å². The maximum atomic E-state index is 10.7. The van der Waals surface area contributed by atoms with Crippen LogP contribution in [0.4, 0.5) is 0 Å². The Labute approximate surface area is 147 Å². The van der Waals surface area contributed by atoms with Crippen molar-refractivity contribution in [3.05, 3.63) is 46.4 Å². The molecule has 0 saturated heterocycles. The number of nitrogens with one attached hydrogen (secondary N) is 2. The van der Waals surface area contributed by atoms with Gasteiger partial charge in [0, 0.05) is 11.3 Å². The second kappa shape index (κ2) is 7.09. The van der Waals surface area contributed by atoms with E-state index in [9.17, 15) is 4.79 Å². The molecule has 2 heterocycles. The lowest BCUT2D eigenvalue weighted by molar-refractivity contribution is -0.139. The van der Waals surface area contributed by atoms with E-state index in [0.717, 1.165) is 5.69 Å². The highest BCUT2D eigenvalue weighted by atomic mass is 32.1. The Hall–Kier alpha value is -3.27. The van der Waals surface area contributed by atoms with Gasteiger partial charge in [0.1, 0.15) is 11.4 Å². The van der Waals surface area contributed by atoms with Crippen LogP contribution in [0.5, 0.6) is 5.75 Å². The van der Waals surface area contributed by atoms with Crippen LogP contribution in [0.25, 0.3) is 11.5 Å². The number of nitrogens with zero attached hydrogens (tertiary/aromatic N) is 4. The van der Waals surface area contributed by atoms with E-state index >= 15 is 0 Å². The molecule has 0 aliphatic heterocycles. The van der Waals surface area contributed by atoms with Gasteiger partial charge in [-0.25, -0.2) is 9.89 Å². The van der Waals surface area contributed by atoms with Gasteiger partial charge >= 0.3 is 5.97 Å². The summed E-state index contributed by atoms with van der Waals surface area (Å²) in [6.45, 7) is 1.44. The van der Waals surface area contributed by atoms with Gasteiger partial charge in [-0.15, -0.1) is 0 Å². The van der Waals surface area contributed by atoms with Crippen molar-refractivity contribution >= 4 is 24.4 Å². The highest BCUT2D eigenvalue weighted by Crippen LogP contribution is 2.18. The quantitative estimate of drug-likeness (QED) is 0.458. The second-order valence-electron chi connectivity index (χ2n) is 5.07. The Morgan fingerprint density at radius 2 is 2.20 bits per heavy atom. The number of hydrogen-bond acceptors (Lipinski definition) is 6. The first-order valence-electron chi connectivity index (χ1n) is 7.22. The summed E-state index contributed by atoms with van der Waals surface area (Å²) < 4.78 is 6.98. The van der Waals surface area contributed by atoms with Gasteiger partial charge in [-0.2, -0.15) is 20.0 Å². The van der Waals surface area contributed by atoms with Crippen LogP contribution in [0.2, 0.25) is 0 Å². The standard InChI is InChI=1S/C15H14N6O3S/c1-9-6-11(18-17-9)14-19-20-15(25)21(14)16-7-10-4-2-3-5-12(10)24-8-13(22)23/h2-7H,8H2,1H3,(H,17,18)(H,20,25)(H,22,23). The molecular weight excluding hydrogens is 344 g/mol. The van der Waals surface area contributed by atoms with Gasteiger partial charge < -0.3 is 9.84 Å². The first-order chi connectivity index (χ1) is 12.0. The summed E-state index contributed by atoms with van der Waals surface area (Å²) >= 11 is 5.20. The number of H-pyrrole nitrogens is 2. The van der Waals surface area contributed by atoms with E-state index in [0.29, 0.717) is 27.6 Å². The SMILES string of the molecule is Cc1cc(-c2n[nH]c(=S)n2N=Cc2ccccc2OCC(=O)O)n[nH]1. The molecule has 2 aromatic heterocycles. The third-order valence-corrected chi connectivity index (χ3v) is 3.43. The first-order valence-corrected chi connectivity index (χ1v) is 7.63. The lowest BCUT2D eigenvalue weighted by Crippen LogP contribution is -2.10. The minimum Gasteiger partial charge on any atom is -0.481 e. The minimum absolute atomic E-state index is 0.302. The number of aliphatic carboxylic acids is 1. The zero-order chi connectivity index (χ0) is 17.8. The van der Waals surface area contributed by atoms with Gasteiger partial charge in [-0.05, 0) is 37.3 Å². The molecule has 10 heteroatoms. The smallest absolute Gasteiger partial charge is 0.341 e. The number of hydrogen-bond donors (Lipinski definition) is 3. The summed E-state index contributed by atoms with van der Waals surface area (Å²) in [7, 11) is 0. The van der Waals surface area contributed by atoms with E-state index in [4.69, 9.17) is 22.1 Å². The van der Waals surface area contributed by atoms with Crippen molar-refractivity contribution in [3.63, 3.8) is 0 Å². The maximum absolute atomic E-state index is 10.7. The number of aryl methyl sites for hydroxylation is 1. The van der Waals surface area contributed by atoms with E-state index < -0.39 is 12.6 Å². The third kappa shape index (κ3) is 3.80. The molecule has 3 rings (SSSR count). The number of carboxylic acid groups (broad SMARTS) is 1.